The number of esters is 1. The molecule has 2 heterocycles. The van der Waals surface area contributed by atoms with Crippen LogP contribution in [0.1, 0.15) is 50.5 Å². The second kappa shape index (κ2) is 9.64. The van der Waals surface area contributed by atoms with Crippen molar-refractivity contribution in [3.8, 4) is 17.2 Å². The van der Waals surface area contributed by atoms with Crippen LogP contribution < -0.4 is 14.2 Å². The summed E-state index contributed by atoms with van der Waals surface area (Å²) in [5.41, 5.74) is -0.147. The third kappa shape index (κ3) is 3.80. The van der Waals surface area contributed by atoms with Gasteiger partial charge in [-0.05, 0) is 43.0 Å². The number of benzene rings is 1. The Balaban J connectivity index is 1.90. The van der Waals surface area contributed by atoms with Crippen LogP contribution in [0.4, 0.5) is 4.79 Å². The fourth-order valence-corrected chi connectivity index (χ4v) is 5.65. The van der Waals surface area contributed by atoms with E-state index in [1.807, 2.05) is 19.1 Å². The van der Waals surface area contributed by atoms with E-state index in [-0.39, 0.29) is 23.6 Å². The van der Waals surface area contributed by atoms with Gasteiger partial charge in [0.05, 0.1) is 34.5 Å². The zero-order valence-corrected chi connectivity index (χ0v) is 20.4. The summed E-state index contributed by atoms with van der Waals surface area (Å²) in [6.45, 7) is 2.32. The van der Waals surface area contributed by atoms with Crippen LogP contribution in [0.15, 0.2) is 24.0 Å². The Bertz CT molecular complexity index is 951. The number of cyclic esters (lactones) is 1. The van der Waals surface area contributed by atoms with Gasteiger partial charge in [0.1, 0.15) is 6.61 Å². The summed E-state index contributed by atoms with van der Waals surface area (Å²) in [4.78, 5) is 27.5. The minimum Gasteiger partial charge on any atom is -0.493 e. The summed E-state index contributed by atoms with van der Waals surface area (Å²) >= 11 is 0. The molecule has 1 saturated carbocycles. The van der Waals surface area contributed by atoms with E-state index in [0.29, 0.717) is 30.3 Å². The van der Waals surface area contributed by atoms with E-state index < -0.39 is 17.8 Å². The van der Waals surface area contributed by atoms with Crippen molar-refractivity contribution < 1.29 is 38.0 Å². The van der Waals surface area contributed by atoms with E-state index >= 15 is 0 Å². The van der Waals surface area contributed by atoms with E-state index in [0.717, 1.165) is 31.2 Å². The molecule has 3 aliphatic rings. The molecular formula is C25H33NO8. The van der Waals surface area contributed by atoms with Gasteiger partial charge in [0, 0.05) is 18.3 Å². The van der Waals surface area contributed by atoms with Gasteiger partial charge >= 0.3 is 12.1 Å². The Morgan fingerprint density at radius 1 is 1.12 bits per heavy atom. The molecule has 1 amide bonds. The van der Waals surface area contributed by atoms with Crippen molar-refractivity contribution in [1.82, 2.24) is 4.90 Å². The van der Waals surface area contributed by atoms with Crippen LogP contribution in [-0.4, -0.2) is 63.8 Å². The van der Waals surface area contributed by atoms with Crippen LogP contribution in [0.5, 0.6) is 17.2 Å². The van der Waals surface area contributed by atoms with Gasteiger partial charge in [-0.1, -0.05) is 13.3 Å². The van der Waals surface area contributed by atoms with Crippen molar-refractivity contribution in [3.05, 3.63) is 29.5 Å². The molecule has 4 rings (SSSR count). The van der Waals surface area contributed by atoms with Crippen LogP contribution in [0.3, 0.4) is 0 Å². The fraction of sp³-hybridized carbons (Fsp3) is 0.600. The van der Waals surface area contributed by atoms with Crippen molar-refractivity contribution >= 4 is 12.1 Å². The highest BCUT2D eigenvalue weighted by Gasteiger charge is 2.59. The third-order valence-electron chi connectivity index (χ3n) is 7.23. The number of fused-ring (bicyclic) bond motifs is 1. The van der Waals surface area contributed by atoms with Crippen LogP contribution in [-0.2, 0) is 19.0 Å². The Hall–Kier alpha value is -3.10. The number of rotatable bonds is 7. The lowest BCUT2D eigenvalue weighted by Crippen LogP contribution is -2.62. The number of hydrogen-bond acceptors (Lipinski definition) is 8. The highest BCUT2D eigenvalue weighted by Crippen LogP contribution is 2.54. The molecular weight excluding hydrogens is 442 g/mol. The minimum absolute atomic E-state index is 0.0916. The van der Waals surface area contributed by atoms with Gasteiger partial charge in [0.25, 0.3) is 0 Å². The van der Waals surface area contributed by atoms with Crippen molar-refractivity contribution in [2.24, 2.45) is 5.92 Å². The molecule has 1 saturated heterocycles. The predicted molar refractivity (Wildman–Crippen MR) is 122 cm³/mol. The first-order valence-electron chi connectivity index (χ1n) is 11.7. The number of allylic oxidation sites excluding steroid dienone is 1. The van der Waals surface area contributed by atoms with E-state index in [4.69, 9.17) is 28.4 Å². The molecule has 1 aliphatic carbocycles. The number of ether oxygens (including phenoxy) is 6. The van der Waals surface area contributed by atoms with Crippen LogP contribution in [0, 0.1) is 5.92 Å². The molecule has 0 unspecified atom stereocenters. The van der Waals surface area contributed by atoms with Crippen LogP contribution >= 0.6 is 0 Å². The lowest BCUT2D eigenvalue weighted by Gasteiger charge is -2.54. The number of carbonyl (C=O) groups is 2. The standard InChI is InChI=1S/C25H33NO8/c1-6-16-14-33-24(28)26(16)25-10-8-7-9-18(25)17(13-21(34-25)23(27)32-5)15-11-19(29-2)22(31-4)20(12-15)30-3/h11-13,16-18H,6-10,14H2,1-5H3/t16-,17-,18-,25-/m1/s1. The minimum atomic E-state index is -1.02. The average molecular weight is 476 g/mol. The van der Waals surface area contributed by atoms with Crippen LogP contribution in [0.25, 0.3) is 0 Å². The molecule has 34 heavy (non-hydrogen) atoms. The van der Waals surface area contributed by atoms with Gasteiger partial charge in [-0.15, -0.1) is 0 Å². The second-order valence-electron chi connectivity index (χ2n) is 8.82. The fourth-order valence-electron chi connectivity index (χ4n) is 5.65. The summed E-state index contributed by atoms with van der Waals surface area (Å²) in [5.74, 6) is 0.659. The third-order valence-corrected chi connectivity index (χ3v) is 7.23. The Morgan fingerprint density at radius 3 is 2.41 bits per heavy atom. The monoisotopic (exact) mass is 475 g/mol. The molecule has 4 atom stereocenters. The molecule has 9 nitrogen and oxygen atoms in total. The maximum absolute atomic E-state index is 13.0. The Labute approximate surface area is 199 Å². The molecule has 0 N–H and O–H groups in total. The van der Waals surface area contributed by atoms with Gasteiger partial charge in [0.15, 0.2) is 17.2 Å². The van der Waals surface area contributed by atoms with Crippen molar-refractivity contribution in [1.29, 1.82) is 0 Å². The van der Waals surface area contributed by atoms with E-state index in [9.17, 15) is 9.59 Å². The van der Waals surface area contributed by atoms with Gasteiger partial charge in [-0.2, -0.15) is 0 Å². The maximum Gasteiger partial charge on any atom is 0.413 e. The number of amides is 1. The molecule has 9 heteroatoms. The van der Waals surface area contributed by atoms with Crippen molar-refractivity contribution in [3.63, 3.8) is 0 Å². The van der Waals surface area contributed by atoms with E-state index in [1.54, 1.807) is 32.3 Å². The number of carbonyl (C=O) groups excluding carboxylic acids is 2. The molecule has 0 bridgehead atoms. The van der Waals surface area contributed by atoms with Gasteiger partial charge in [-0.3, -0.25) is 4.90 Å². The smallest absolute Gasteiger partial charge is 0.413 e. The molecule has 1 aromatic carbocycles. The molecule has 0 spiro atoms. The highest BCUT2D eigenvalue weighted by molar-refractivity contribution is 5.87. The number of hydrogen-bond donors (Lipinski definition) is 0. The van der Waals surface area contributed by atoms with Gasteiger partial charge < -0.3 is 28.4 Å². The molecule has 1 aromatic rings. The summed E-state index contributed by atoms with van der Waals surface area (Å²) in [6, 6.07) is 3.65. The van der Waals surface area contributed by atoms with Gasteiger partial charge in [0.2, 0.25) is 11.5 Å². The van der Waals surface area contributed by atoms with Crippen molar-refractivity contribution in [2.75, 3.05) is 35.0 Å². The first kappa shape index (κ1) is 24.0. The molecule has 2 fully saturated rings. The van der Waals surface area contributed by atoms with E-state index in [1.165, 1.54) is 7.11 Å². The lowest BCUT2D eigenvalue weighted by atomic mass is 9.68. The first-order chi connectivity index (χ1) is 16.4. The zero-order valence-electron chi connectivity index (χ0n) is 20.4. The number of nitrogens with zero attached hydrogens (tertiary/aromatic N) is 1. The quantitative estimate of drug-likeness (QED) is 0.547. The zero-order chi connectivity index (χ0) is 24.5. The van der Waals surface area contributed by atoms with E-state index in [2.05, 4.69) is 0 Å². The molecule has 0 radical (unpaired) electrons. The largest absolute Gasteiger partial charge is 0.493 e. The summed E-state index contributed by atoms with van der Waals surface area (Å²) in [6.07, 6.45) is 5.36. The second-order valence-corrected chi connectivity index (χ2v) is 8.82. The highest BCUT2D eigenvalue weighted by atomic mass is 16.6. The maximum atomic E-state index is 13.0. The lowest BCUT2D eigenvalue weighted by molar-refractivity contribution is -0.192. The first-order valence-corrected chi connectivity index (χ1v) is 11.7. The summed E-state index contributed by atoms with van der Waals surface area (Å²) in [7, 11) is 6.01. The topological polar surface area (TPSA) is 92.8 Å². The molecule has 0 aromatic heterocycles. The van der Waals surface area contributed by atoms with Crippen molar-refractivity contribution in [2.45, 2.75) is 56.7 Å². The molecule has 2 aliphatic heterocycles. The normalized spacial score (nSPS) is 28.3. The Morgan fingerprint density at radius 2 is 1.82 bits per heavy atom. The average Bonchev–Trinajstić information content (AvgIpc) is 3.27. The van der Waals surface area contributed by atoms with Gasteiger partial charge in [-0.25, -0.2) is 9.59 Å². The summed E-state index contributed by atoms with van der Waals surface area (Å²) in [5, 5.41) is 0. The summed E-state index contributed by atoms with van der Waals surface area (Å²) < 4.78 is 33.6. The SMILES string of the molecule is CC[C@@H]1COC(=O)N1[C@@]12CCCC[C@@H]1[C@@H](c1cc(OC)c(OC)c(OC)c1)C=C(C(=O)OC)O2. The predicted octanol–water partition coefficient (Wildman–Crippen LogP) is 4.00. The molecule has 186 valence electrons. The number of methoxy groups -OCH3 is 4. The van der Waals surface area contributed by atoms with Crippen LogP contribution in [0.2, 0.25) is 0 Å². The Kier molecular flexibility index (Phi) is 6.81.